The number of rotatable bonds is 5. The van der Waals surface area contributed by atoms with E-state index >= 15 is 0 Å². The number of ether oxygens (including phenoxy) is 1. The van der Waals surface area contributed by atoms with Crippen LogP contribution in [0.5, 0.6) is 11.6 Å². The van der Waals surface area contributed by atoms with Crippen LogP contribution in [0.15, 0.2) is 78.0 Å². The second kappa shape index (κ2) is 7.20. The predicted molar refractivity (Wildman–Crippen MR) is 100 cm³/mol. The summed E-state index contributed by atoms with van der Waals surface area (Å²) in [5, 5.41) is 6.53. The highest BCUT2D eigenvalue weighted by Gasteiger charge is 2.07. The summed E-state index contributed by atoms with van der Waals surface area (Å²) < 4.78 is 7.65. The van der Waals surface area contributed by atoms with Gasteiger partial charge in [-0.15, -0.1) is 0 Å². The Hall–Kier alpha value is -3.45. The van der Waals surface area contributed by atoms with E-state index in [0.29, 0.717) is 22.9 Å². The number of anilines is 1. The number of aromatic nitrogens is 3. The largest absolute Gasteiger partial charge is 0.439 e. The molecule has 0 aliphatic heterocycles. The summed E-state index contributed by atoms with van der Waals surface area (Å²) in [5.74, 6) is 1.65. The van der Waals surface area contributed by atoms with Crippen molar-refractivity contribution < 1.29 is 9.53 Å². The fourth-order valence-electron chi connectivity index (χ4n) is 2.34. The Balaban J connectivity index is 1.44. The van der Waals surface area contributed by atoms with Gasteiger partial charge in [-0.25, -0.2) is 9.97 Å². The first-order chi connectivity index (χ1) is 12.8. The molecule has 0 saturated heterocycles. The fourth-order valence-corrected chi connectivity index (χ4v) is 2.97. The van der Waals surface area contributed by atoms with Gasteiger partial charge in [0.15, 0.2) is 0 Å². The zero-order valence-electron chi connectivity index (χ0n) is 13.6. The first-order valence-electron chi connectivity index (χ1n) is 7.85. The minimum absolute atomic E-state index is 0.132. The summed E-state index contributed by atoms with van der Waals surface area (Å²) in [6.45, 7) is 0. The molecule has 6 nitrogen and oxygen atoms in total. The van der Waals surface area contributed by atoms with Gasteiger partial charge in [-0.05, 0) is 47.8 Å². The lowest BCUT2D eigenvalue weighted by molar-refractivity contribution is 0.102. The molecule has 0 unspecified atom stereocenters. The first-order valence-corrected chi connectivity index (χ1v) is 8.79. The molecule has 0 spiro atoms. The molecule has 4 rings (SSSR count). The lowest BCUT2D eigenvalue weighted by atomic mass is 10.2. The van der Waals surface area contributed by atoms with Crippen LogP contribution >= 0.6 is 11.3 Å². The zero-order valence-corrected chi connectivity index (χ0v) is 14.4. The Labute approximate surface area is 153 Å². The normalized spacial score (nSPS) is 10.5. The van der Waals surface area contributed by atoms with E-state index in [-0.39, 0.29) is 5.91 Å². The first kappa shape index (κ1) is 16.0. The molecule has 1 amide bonds. The van der Waals surface area contributed by atoms with Crippen LogP contribution < -0.4 is 10.1 Å². The average Bonchev–Trinajstić information content (AvgIpc) is 3.38. The Morgan fingerprint density at radius 2 is 1.88 bits per heavy atom. The summed E-state index contributed by atoms with van der Waals surface area (Å²) in [4.78, 5) is 20.4. The van der Waals surface area contributed by atoms with Crippen LogP contribution in [0.3, 0.4) is 0 Å². The quantitative estimate of drug-likeness (QED) is 0.572. The maximum atomic E-state index is 12.0. The molecule has 3 heterocycles. The van der Waals surface area contributed by atoms with E-state index in [1.807, 2.05) is 39.9 Å². The molecule has 0 bridgehead atoms. The van der Waals surface area contributed by atoms with Crippen molar-refractivity contribution in [2.45, 2.75) is 0 Å². The standard InChI is InChI=1S/C19H14N4O2S/c24-19(14-7-10-26-12-14)22-15-3-5-16(6-4-15)25-18-11-17(20-13-21-18)23-8-1-2-9-23/h1-13H,(H,22,24). The molecule has 26 heavy (non-hydrogen) atoms. The van der Waals surface area contributed by atoms with Gasteiger partial charge in [-0.2, -0.15) is 11.3 Å². The molecule has 0 saturated carbocycles. The van der Waals surface area contributed by atoms with Crippen LogP contribution in [0.2, 0.25) is 0 Å². The number of amides is 1. The van der Waals surface area contributed by atoms with Gasteiger partial charge in [0.1, 0.15) is 17.9 Å². The minimum Gasteiger partial charge on any atom is -0.439 e. The second-order valence-electron chi connectivity index (χ2n) is 5.40. The number of carbonyl (C=O) groups excluding carboxylic acids is 1. The predicted octanol–water partition coefficient (Wildman–Crippen LogP) is 4.37. The van der Waals surface area contributed by atoms with Gasteiger partial charge in [0, 0.05) is 29.5 Å². The van der Waals surface area contributed by atoms with Crippen molar-refractivity contribution in [3.63, 3.8) is 0 Å². The maximum Gasteiger partial charge on any atom is 0.256 e. The van der Waals surface area contributed by atoms with Crippen molar-refractivity contribution in [3.8, 4) is 17.4 Å². The number of benzene rings is 1. The van der Waals surface area contributed by atoms with Gasteiger partial charge >= 0.3 is 0 Å². The van der Waals surface area contributed by atoms with E-state index in [2.05, 4.69) is 15.3 Å². The van der Waals surface area contributed by atoms with Crippen LogP contribution in [-0.4, -0.2) is 20.4 Å². The SMILES string of the molecule is O=C(Nc1ccc(Oc2cc(-n3cccc3)ncn2)cc1)c1ccsc1. The van der Waals surface area contributed by atoms with Gasteiger partial charge in [-0.1, -0.05) is 0 Å². The maximum absolute atomic E-state index is 12.0. The van der Waals surface area contributed by atoms with E-state index in [4.69, 9.17) is 4.74 Å². The minimum atomic E-state index is -0.132. The van der Waals surface area contributed by atoms with Crippen molar-refractivity contribution in [1.29, 1.82) is 0 Å². The highest BCUT2D eigenvalue weighted by atomic mass is 32.1. The highest BCUT2D eigenvalue weighted by molar-refractivity contribution is 7.08. The summed E-state index contributed by atoms with van der Waals surface area (Å²) in [5.41, 5.74) is 1.35. The van der Waals surface area contributed by atoms with Gasteiger partial charge < -0.3 is 14.6 Å². The number of nitrogens with zero attached hydrogens (tertiary/aromatic N) is 3. The molecule has 3 aromatic heterocycles. The van der Waals surface area contributed by atoms with E-state index in [0.717, 1.165) is 5.82 Å². The Bertz CT molecular complexity index is 996. The molecule has 0 fully saturated rings. The summed E-state index contributed by atoms with van der Waals surface area (Å²) in [7, 11) is 0. The van der Waals surface area contributed by atoms with Gasteiger partial charge in [-0.3, -0.25) is 4.79 Å². The van der Waals surface area contributed by atoms with Crippen LogP contribution in [0, 0.1) is 0 Å². The molecule has 0 aliphatic rings. The third kappa shape index (κ3) is 3.62. The van der Waals surface area contributed by atoms with Crippen LogP contribution in [0.4, 0.5) is 5.69 Å². The summed E-state index contributed by atoms with van der Waals surface area (Å²) in [6, 6.07) is 14.5. The molecule has 0 atom stereocenters. The van der Waals surface area contributed by atoms with Crippen molar-refractivity contribution in [3.05, 3.63) is 83.6 Å². The highest BCUT2D eigenvalue weighted by Crippen LogP contribution is 2.23. The van der Waals surface area contributed by atoms with Crippen LogP contribution in [0.25, 0.3) is 5.82 Å². The lowest BCUT2D eigenvalue weighted by Gasteiger charge is -2.08. The summed E-state index contributed by atoms with van der Waals surface area (Å²) in [6.07, 6.45) is 5.26. The average molecular weight is 362 g/mol. The smallest absolute Gasteiger partial charge is 0.256 e. The van der Waals surface area contributed by atoms with E-state index < -0.39 is 0 Å². The molecule has 4 aromatic rings. The van der Waals surface area contributed by atoms with Crippen molar-refractivity contribution in [2.75, 3.05) is 5.32 Å². The molecule has 1 N–H and O–H groups in total. The molecular formula is C19H14N4O2S. The molecule has 0 radical (unpaired) electrons. The van der Waals surface area contributed by atoms with Crippen molar-refractivity contribution in [2.24, 2.45) is 0 Å². The van der Waals surface area contributed by atoms with Crippen LogP contribution in [-0.2, 0) is 0 Å². The zero-order chi connectivity index (χ0) is 17.8. The monoisotopic (exact) mass is 362 g/mol. The molecule has 1 aromatic carbocycles. The molecule has 0 aliphatic carbocycles. The number of nitrogens with one attached hydrogen (secondary N) is 1. The van der Waals surface area contributed by atoms with Gasteiger partial charge in [0.05, 0.1) is 5.56 Å². The number of hydrogen-bond donors (Lipinski definition) is 1. The molecule has 7 heteroatoms. The second-order valence-corrected chi connectivity index (χ2v) is 6.18. The van der Waals surface area contributed by atoms with Gasteiger partial charge in [0.2, 0.25) is 5.88 Å². The third-order valence-electron chi connectivity index (χ3n) is 3.61. The van der Waals surface area contributed by atoms with Crippen molar-refractivity contribution >= 4 is 22.9 Å². The molecular weight excluding hydrogens is 348 g/mol. The Morgan fingerprint density at radius 3 is 2.62 bits per heavy atom. The Morgan fingerprint density at radius 1 is 1.08 bits per heavy atom. The lowest BCUT2D eigenvalue weighted by Crippen LogP contribution is -2.10. The van der Waals surface area contributed by atoms with E-state index in [9.17, 15) is 4.79 Å². The fraction of sp³-hybridized carbons (Fsp3) is 0. The van der Waals surface area contributed by atoms with Gasteiger partial charge in [0.25, 0.3) is 5.91 Å². The molecule has 128 valence electrons. The third-order valence-corrected chi connectivity index (χ3v) is 4.30. The number of hydrogen-bond acceptors (Lipinski definition) is 5. The topological polar surface area (TPSA) is 69.0 Å². The van der Waals surface area contributed by atoms with E-state index in [1.54, 1.807) is 36.4 Å². The summed E-state index contributed by atoms with van der Waals surface area (Å²) >= 11 is 1.49. The number of carbonyl (C=O) groups is 1. The van der Waals surface area contributed by atoms with Crippen LogP contribution in [0.1, 0.15) is 10.4 Å². The van der Waals surface area contributed by atoms with Crippen molar-refractivity contribution in [1.82, 2.24) is 14.5 Å². The Kier molecular flexibility index (Phi) is 4.44. The number of thiophene rings is 1. The van der Waals surface area contributed by atoms with E-state index in [1.165, 1.54) is 17.7 Å².